The standard InChI is InChI=1S/C46H32N6O8/c1-43(2)53-25-9-17-18(10-26(25)54-43)36-33-34-37-19-11-27-28(56-44(3,4)55-27)12-20(19)38(34)50-42-24-16-32-30(58-46(7,8)60-32)14-22(24)40(48-36)52(42)51-39(47-35(17)33)21-13-29-31(59-45(5,6)57-29)15-23(21)41(51)49-37/h9-16H,1-8H3. The second-order valence-electron chi connectivity index (χ2n) is 18.3. The number of rotatable bonds is 0. The predicted octanol–water partition coefficient (Wildman–Crippen LogP) is 9.71. The van der Waals surface area contributed by atoms with Crippen LogP contribution in [0.25, 0.3) is 99.9 Å². The van der Waals surface area contributed by atoms with Crippen LogP contribution in [-0.2, 0) is 0 Å². The van der Waals surface area contributed by atoms with Crippen molar-refractivity contribution in [2.75, 3.05) is 0 Å². The number of ether oxygens (including phenoxy) is 8. The van der Waals surface area contributed by atoms with Crippen LogP contribution in [0.15, 0.2) is 48.5 Å². The van der Waals surface area contributed by atoms with E-state index in [1.807, 2.05) is 113 Å². The van der Waals surface area contributed by atoms with Crippen molar-refractivity contribution in [3.8, 4) is 91.0 Å². The number of hydrogen-bond donors (Lipinski definition) is 0. The zero-order chi connectivity index (χ0) is 40.3. The molecule has 60 heavy (non-hydrogen) atoms. The molecule has 294 valence electrons. The van der Waals surface area contributed by atoms with Crippen LogP contribution in [-0.4, -0.2) is 52.1 Å². The van der Waals surface area contributed by atoms with E-state index in [0.717, 1.165) is 54.6 Å². The summed E-state index contributed by atoms with van der Waals surface area (Å²) in [4.78, 5) is 23.0. The third-order valence-electron chi connectivity index (χ3n) is 12.2. The van der Waals surface area contributed by atoms with E-state index in [4.69, 9.17) is 57.8 Å². The molecule has 0 spiro atoms. The molecule has 10 heterocycles. The highest BCUT2D eigenvalue weighted by molar-refractivity contribution is 6.24. The molecule has 4 aliphatic heterocycles. The Morgan fingerprint density at radius 2 is 0.517 bits per heavy atom. The number of benzene rings is 4. The Morgan fingerprint density at radius 3 is 0.733 bits per heavy atom. The molecule has 0 N–H and O–H groups in total. The molecule has 14 heteroatoms. The fourth-order valence-electron chi connectivity index (χ4n) is 10.2. The van der Waals surface area contributed by atoms with Crippen molar-refractivity contribution in [2.24, 2.45) is 0 Å². The summed E-state index contributed by atoms with van der Waals surface area (Å²) in [6, 6.07) is 16.1. The zero-order valence-corrected chi connectivity index (χ0v) is 33.6. The van der Waals surface area contributed by atoms with Gasteiger partial charge in [0.15, 0.2) is 68.6 Å². The van der Waals surface area contributed by atoms with Crippen LogP contribution in [0, 0.1) is 0 Å². The maximum atomic E-state index is 6.37. The van der Waals surface area contributed by atoms with Gasteiger partial charge in [0.1, 0.15) is 0 Å². The van der Waals surface area contributed by atoms with Gasteiger partial charge in [-0.1, -0.05) is 0 Å². The van der Waals surface area contributed by atoms with E-state index < -0.39 is 23.1 Å². The summed E-state index contributed by atoms with van der Waals surface area (Å²) in [5, 5.41) is 4.82. The molecule has 0 saturated heterocycles. The lowest BCUT2D eigenvalue weighted by atomic mass is 10.1. The molecule has 16 rings (SSSR count). The molecule has 0 fully saturated rings. The van der Waals surface area contributed by atoms with Crippen LogP contribution in [0.4, 0.5) is 0 Å². The van der Waals surface area contributed by atoms with Gasteiger partial charge in [-0.05, 0) is 48.5 Å². The first-order valence-corrected chi connectivity index (χ1v) is 20.0. The molecule has 6 aliphatic rings. The van der Waals surface area contributed by atoms with Crippen molar-refractivity contribution in [3.63, 3.8) is 0 Å². The minimum atomic E-state index is -0.860. The van der Waals surface area contributed by atoms with Crippen molar-refractivity contribution in [3.05, 3.63) is 48.5 Å². The van der Waals surface area contributed by atoms with Gasteiger partial charge in [0.05, 0.1) is 22.8 Å². The van der Waals surface area contributed by atoms with Gasteiger partial charge < -0.3 is 37.9 Å². The molecule has 10 aromatic rings. The fourth-order valence-corrected chi connectivity index (χ4v) is 10.2. The smallest absolute Gasteiger partial charge is 0.246 e. The average molecular weight is 797 g/mol. The summed E-state index contributed by atoms with van der Waals surface area (Å²) >= 11 is 0. The Morgan fingerprint density at radius 1 is 0.317 bits per heavy atom. The summed E-state index contributed by atoms with van der Waals surface area (Å²) in [5.74, 6) is 1.52. The van der Waals surface area contributed by atoms with Crippen LogP contribution in [0.5, 0.6) is 46.0 Å². The van der Waals surface area contributed by atoms with Gasteiger partial charge in [-0.25, -0.2) is 29.0 Å². The molecule has 6 aromatic heterocycles. The second kappa shape index (κ2) is 9.15. The van der Waals surface area contributed by atoms with Crippen molar-refractivity contribution >= 4 is 54.9 Å². The van der Waals surface area contributed by atoms with Crippen LogP contribution in [0.1, 0.15) is 55.4 Å². The molecule has 0 saturated carbocycles. The third kappa shape index (κ3) is 3.69. The van der Waals surface area contributed by atoms with Crippen LogP contribution in [0.2, 0.25) is 0 Å². The molecular formula is C46H32N6O8. The van der Waals surface area contributed by atoms with E-state index in [1.165, 1.54) is 0 Å². The van der Waals surface area contributed by atoms with E-state index in [1.54, 1.807) is 0 Å². The van der Waals surface area contributed by atoms with E-state index in [-0.39, 0.29) is 0 Å². The van der Waals surface area contributed by atoms with Gasteiger partial charge in [-0.15, -0.1) is 0 Å². The molecule has 4 aromatic carbocycles. The van der Waals surface area contributed by atoms with Crippen LogP contribution >= 0.6 is 0 Å². The van der Waals surface area contributed by atoms with Crippen LogP contribution in [0.3, 0.4) is 0 Å². The summed E-state index contributed by atoms with van der Waals surface area (Å²) < 4.78 is 55.0. The lowest BCUT2D eigenvalue weighted by Crippen LogP contribution is -2.29. The maximum Gasteiger partial charge on any atom is 0.246 e. The number of fused-ring (bicyclic) bond motifs is 8. The second-order valence-corrected chi connectivity index (χ2v) is 18.3. The Labute approximate surface area is 339 Å². The van der Waals surface area contributed by atoms with Crippen molar-refractivity contribution in [1.29, 1.82) is 0 Å². The first-order chi connectivity index (χ1) is 28.6. The third-order valence-corrected chi connectivity index (χ3v) is 12.2. The number of nitrogens with zero attached hydrogens (tertiary/aromatic N) is 6. The highest BCUT2D eigenvalue weighted by Crippen LogP contribution is 2.58. The Hall–Kier alpha value is -7.22. The largest absolute Gasteiger partial charge is 0.449 e. The average Bonchev–Trinajstić information content (AvgIpc) is 4.01. The topological polar surface area (TPSA) is 134 Å². The molecule has 0 radical (unpaired) electrons. The Bertz CT molecular complexity index is 3230. The molecular weight excluding hydrogens is 765 g/mol. The van der Waals surface area contributed by atoms with Gasteiger partial charge >= 0.3 is 0 Å². The predicted molar refractivity (Wildman–Crippen MR) is 220 cm³/mol. The molecule has 2 aliphatic carbocycles. The van der Waals surface area contributed by atoms with Gasteiger partial charge in [-0.2, -0.15) is 0 Å². The van der Waals surface area contributed by atoms with Gasteiger partial charge in [0.2, 0.25) is 23.1 Å². The lowest BCUT2D eigenvalue weighted by Gasteiger charge is -2.16. The fraction of sp³-hybridized carbons (Fsp3) is 0.261. The highest BCUT2D eigenvalue weighted by atomic mass is 16.7. The quantitative estimate of drug-likeness (QED) is 0.145. The minimum Gasteiger partial charge on any atom is -0.449 e. The van der Waals surface area contributed by atoms with E-state index in [9.17, 15) is 0 Å². The van der Waals surface area contributed by atoms with Crippen LogP contribution < -0.4 is 37.9 Å². The molecule has 0 unspecified atom stereocenters. The molecule has 0 amide bonds. The Balaban J connectivity index is 1.24. The SMILES string of the molecule is CC1(C)Oc2cc3c(cc2O1)-c1nc2c4cc5c(cc4c4nc6c7c(nc8c9cc%10c(cc9c(nc-3c17)n8n24)OC(C)(C)O%10)-c1cc2c(cc1-6)OC(C)(C)O2)OC(C)(C)O5. The first kappa shape index (κ1) is 31.7. The summed E-state index contributed by atoms with van der Waals surface area (Å²) in [6.07, 6.45) is 0. The molecule has 0 atom stereocenters. The summed E-state index contributed by atoms with van der Waals surface area (Å²) in [7, 11) is 0. The van der Waals surface area contributed by atoms with Gasteiger partial charge in [-0.3, -0.25) is 0 Å². The van der Waals surface area contributed by atoms with Crippen molar-refractivity contribution in [1.82, 2.24) is 29.0 Å². The van der Waals surface area contributed by atoms with E-state index in [0.29, 0.717) is 91.4 Å². The first-order valence-electron chi connectivity index (χ1n) is 20.0. The van der Waals surface area contributed by atoms with E-state index in [2.05, 4.69) is 0 Å². The van der Waals surface area contributed by atoms with E-state index >= 15 is 0 Å². The van der Waals surface area contributed by atoms with Gasteiger partial charge in [0.25, 0.3) is 0 Å². The highest BCUT2D eigenvalue weighted by Gasteiger charge is 2.42. The van der Waals surface area contributed by atoms with Crippen molar-refractivity contribution < 1.29 is 37.9 Å². The minimum absolute atomic E-state index is 0.614. The summed E-state index contributed by atoms with van der Waals surface area (Å²) in [5.41, 5.74) is 8.66. The number of aromatic nitrogens is 6. The van der Waals surface area contributed by atoms with Gasteiger partial charge in [0, 0.05) is 110 Å². The molecule has 14 nitrogen and oxygen atoms in total. The summed E-state index contributed by atoms with van der Waals surface area (Å²) in [6.45, 7) is 15.2. The molecule has 12 bridgehead atoms. The zero-order valence-electron chi connectivity index (χ0n) is 33.6. The monoisotopic (exact) mass is 796 g/mol. The maximum absolute atomic E-state index is 6.37. The number of hydrogen-bond acceptors (Lipinski definition) is 12. The normalized spacial score (nSPS) is 18.9. The van der Waals surface area contributed by atoms with Crippen molar-refractivity contribution in [2.45, 2.75) is 78.5 Å². The Kier molecular flexibility index (Phi) is 4.84. The lowest BCUT2D eigenvalue weighted by molar-refractivity contribution is -0.0437.